The third kappa shape index (κ3) is 2.17. The van der Waals surface area contributed by atoms with Crippen molar-refractivity contribution in [1.29, 1.82) is 0 Å². The van der Waals surface area contributed by atoms with Crippen LogP contribution in [-0.4, -0.2) is 25.8 Å². The Kier molecular flexibility index (Phi) is 3.77. The second-order valence-electron chi connectivity index (χ2n) is 3.27. The highest BCUT2D eigenvalue weighted by Crippen LogP contribution is 2.32. The van der Waals surface area contributed by atoms with E-state index in [9.17, 15) is 5.11 Å². The average Bonchev–Trinajstić information content (AvgIpc) is 2.19. The van der Waals surface area contributed by atoms with E-state index < -0.39 is 0 Å². The van der Waals surface area contributed by atoms with Crippen molar-refractivity contribution in [3.8, 4) is 11.5 Å². The van der Waals surface area contributed by atoms with Gasteiger partial charge in [0.15, 0.2) is 11.5 Å². The molecule has 0 aliphatic carbocycles. The lowest BCUT2D eigenvalue weighted by Crippen LogP contribution is -2.11. The molecule has 3 nitrogen and oxygen atoms in total. The zero-order chi connectivity index (χ0) is 10.6. The number of nitrogens with one attached hydrogen (secondary N) is 1. The first kappa shape index (κ1) is 10.9. The van der Waals surface area contributed by atoms with E-state index in [2.05, 4.69) is 5.32 Å². The molecule has 14 heavy (non-hydrogen) atoms. The van der Waals surface area contributed by atoms with Crippen LogP contribution in [0.4, 0.5) is 0 Å². The van der Waals surface area contributed by atoms with E-state index in [1.807, 2.05) is 20.0 Å². The largest absolute Gasteiger partial charge is 0.504 e. The number of rotatable bonds is 4. The molecule has 0 spiro atoms. The SMILES string of the molecule is CNCCc1c(C)ccc(O)c1OC. The van der Waals surface area contributed by atoms with Gasteiger partial charge in [-0.3, -0.25) is 0 Å². The molecule has 0 radical (unpaired) electrons. The highest BCUT2D eigenvalue weighted by Gasteiger charge is 2.10. The van der Waals surface area contributed by atoms with Crippen LogP contribution in [0.3, 0.4) is 0 Å². The van der Waals surface area contributed by atoms with Crippen LogP contribution in [0.25, 0.3) is 0 Å². The van der Waals surface area contributed by atoms with Gasteiger partial charge in [-0.1, -0.05) is 6.07 Å². The molecule has 0 aromatic heterocycles. The number of aromatic hydroxyl groups is 1. The van der Waals surface area contributed by atoms with Crippen molar-refractivity contribution < 1.29 is 9.84 Å². The molecule has 0 saturated carbocycles. The lowest BCUT2D eigenvalue weighted by atomic mass is 10.0. The third-order valence-electron chi connectivity index (χ3n) is 2.30. The molecule has 1 aromatic carbocycles. The lowest BCUT2D eigenvalue weighted by Gasteiger charge is -2.12. The number of ether oxygens (including phenoxy) is 1. The zero-order valence-corrected chi connectivity index (χ0v) is 8.92. The Morgan fingerprint density at radius 2 is 2.14 bits per heavy atom. The van der Waals surface area contributed by atoms with Gasteiger partial charge in [-0.05, 0) is 38.6 Å². The van der Waals surface area contributed by atoms with Gasteiger partial charge in [0.1, 0.15) is 0 Å². The van der Waals surface area contributed by atoms with Crippen LogP contribution in [0.15, 0.2) is 12.1 Å². The topological polar surface area (TPSA) is 41.5 Å². The van der Waals surface area contributed by atoms with Gasteiger partial charge in [-0.25, -0.2) is 0 Å². The smallest absolute Gasteiger partial charge is 0.163 e. The summed E-state index contributed by atoms with van der Waals surface area (Å²) in [4.78, 5) is 0. The van der Waals surface area contributed by atoms with Crippen molar-refractivity contribution >= 4 is 0 Å². The molecule has 0 unspecified atom stereocenters. The summed E-state index contributed by atoms with van der Waals surface area (Å²) in [6.45, 7) is 2.90. The van der Waals surface area contributed by atoms with Crippen molar-refractivity contribution in [3.05, 3.63) is 23.3 Å². The van der Waals surface area contributed by atoms with Crippen LogP contribution >= 0.6 is 0 Å². The van der Waals surface area contributed by atoms with Crippen LogP contribution in [0.5, 0.6) is 11.5 Å². The Morgan fingerprint density at radius 3 is 2.71 bits per heavy atom. The molecule has 0 bridgehead atoms. The van der Waals surface area contributed by atoms with Crippen LogP contribution in [0.1, 0.15) is 11.1 Å². The maximum absolute atomic E-state index is 9.57. The molecular weight excluding hydrogens is 178 g/mol. The Balaban J connectivity index is 3.03. The van der Waals surface area contributed by atoms with Gasteiger partial charge in [0.25, 0.3) is 0 Å². The second kappa shape index (κ2) is 4.86. The first-order chi connectivity index (χ1) is 6.70. The van der Waals surface area contributed by atoms with Gasteiger partial charge in [0.05, 0.1) is 7.11 Å². The van der Waals surface area contributed by atoms with E-state index in [0.29, 0.717) is 5.75 Å². The molecule has 0 saturated heterocycles. The van der Waals surface area contributed by atoms with Crippen LogP contribution in [0.2, 0.25) is 0 Å². The van der Waals surface area contributed by atoms with Gasteiger partial charge in [0, 0.05) is 5.56 Å². The Morgan fingerprint density at radius 1 is 1.43 bits per heavy atom. The molecule has 78 valence electrons. The van der Waals surface area contributed by atoms with E-state index in [-0.39, 0.29) is 5.75 Å². The van der Waals surface area contributed by atoms with Crippen LogP contribution in [-0.2, 0) is 6.42 Å². The van der Waals surface area contributed by atoms with Crippen molar-refractivity contribution in [2.24, 2.45) is 0 Å². The van der Waals surface area contributed by atoms with Gasteiger partial charge >= 0.3 is 0 Å². The monoisotopic (exact) mass is 195 g/mol. The molecule has 0 heterocycles. The fraction of sp³-hybridized carbons (Fsp3) is 0.455. The van der Waals surface area contributed by atoms with E-state index in [0.717, 1.165) is 24.1 Å². The Bertz CT molecular complexity index is 310. The minimum Gasteiger partial charge on any atom is -0.504 e. The highest BCUT2D eigenvalue weighted by molar-refractivity contribution is 5.49. The summed E-state index contributed by atoms with van der Waals surface area (Å²) < 4.78 is 5.18. The molecule has 0 aliphatic rings. The normalized spacial score (nSPS) is 10.2. The second-order valence-corrected chi connectivity index (χ2v) is 3.27. The summed E-state index contributed by atoms with van der Waals surface area (Å²) in [5, 5.41) is 12.6. The summed E-state index contributed by atoms with van der Waals surface area (Å²) in [5.74, 6) is 0.810. The molecular formula is C11H17NO2. The van der Waals surface area contributed by atoms with Gasteiger partial charge in [0.2, 0.25) is 0 Å². The van der Waals surface area contributed by atoms with E-state index >= 15 is 0 Å². The summed E-state index contributed by atoms with van der Waals surface area (Å²) >= 11 is 0. The third-order valence-corrected chi connectivity index (χ3v) is 2.30. The lowest BCUT2D eigenvalue weighted by molar-refractivity contribution is 0.368. The minimum absolute atomic E-state index is 0.212. The number of likely N-dealkylation sites (N-methyl/N-ethyl adjacent to an activating group) is 1. The first-order valence-electron chi connectivity index (χ1n) is 4.70. The number of aryl methyl sites for hydroxylation is 1. The number of phenolic OH excluding ortho intramolecular Hbond substituents is 1. The van der Waals surface area contributed by atoms with Gasteiger partial charge < -0.3 is 15.2 Å². The minimum atomic E-state index is 0.212. The van der Waals surface area contributed by atoms with E-state index in [4.69, 9.17) is 4.74 Å². The Hall–Kier alpha value is -1.22. The van der Waals surface area contributed by atoms with Crippen LogP contribution in [0, 0.1) is 6.92 Å². The van der Waals surface area contributed by atoms with Crippen molar-refractivity contribution in [2.75, 3.05) is 20.7 Å². The summed E-state index contributed by atoms with van der Waals surface area (Å²) in [7, 11) is 3.49. The molecule has 1 aromatic rings. The summed E-state index contributed by atoms with van der Waals surface area (Å²) in [6, 6.07) is 3.57. The number of benzene rings is 1. The van der Waals surface area contributed by atoms with Gasteiger partial charge in [-0.15, -0.1) is 0 Å². The summed E-state index contributed by atoms with van der Waals surface area (Å²) in [5.41, 5.74) is 2.22. The van der Waals surface area contributed by atoms with Crippen molar-refractivity contribution in [2.45, 2.75) is 13.3 Å². The predicted octanol–water partition coefficient (Wildman–Crippen LogP) is 1.47. The predicted molar refractivity (Wildman–Crippen MR) is 57.0 cm³/mol. The molecule has 0 amide bonds. The number of hydrogen-bond donors (Lipinski definition) is 2. The zero-order valence-electron chi connectivity index (χ0n) is 8.92. The quantitative estimate of drug-likeness (QED) is 0.764. The number of hydrogen-bond acceptors (Lipinski definition) is 3. The summed E-state index contributed by atoms with van der Waals surface area (Å²) in [6.07, 6.45) is 0.861. The first-order valence-corrected chi connectivity index (χ1v) is 4.70. The molecule has 2 N–H and O–H groups in total. The van der Waals surface area contributed by atoms with Crippen LogP contribution < -0.4 is 10.1 Å². The Labute approximate surface area is 84.7 Å². The fourth-order valence-electron chi connectivity index (χ4n) is 1.50. The standard InChI is InChI=1S/C11H17NO2/c1-8-4-5-10(13)11(14-3)9(8)6-7-12-2/h4-5,12-13H,6-7H2,1-3H3. The van der Waals surface area contributed by atoms with Crippen molar-refractivity contribution in [1.82, 2.24) is 5.32 Å². The number of methoxy groups -OCH3 is 1. The molecule has 0 fully saturated rings. The van der Waals surface area contributed by atoms with E-state index in [1.54, 1.807) is 13.2 Å². The maximum atomic E-state index is 9.57. The van der Waals surface area contributed by atoms with Gasteiger partial charge in [-0.2, -0.15) is 0 Å². The molecule has 0 aliphatic heterocycles. The molecule has 1 rings (SSSR count). The molecule has 3 heteroatoms. The average molecular weight is 195 g/mol. The van der Waals surface area contributed by atoms with E-state index in [1.165, 1.54) is 0 Å². The highest BCUT2D eigenvalue weighted by atomic mass is 16.5. The molecule has 0 atom stereocenters. The fourth-order valence-corrected chi connectivity index (χ4v) is 1.50. The maximum Gasteiger partial charge on any atom is 0.163 e. The number of phenols is 1. The van der Waals surface area contributed by atoms with Crippen molar-refractivity contribution in [3.63, 3.8) is 0 Å².